The molecule has 6 heteroatoms. The van der Waals surface area contributed by atoms with Crippen LogP contribution in [0, 0.1) is 0 Å². The molecule has 0 unspecified atom stereocenters. The van der Waals surface area contributed by atoms with E-state index in [1.165, 1.54) is 0 Å². The van der Waals surface area contributed by atoms with Crippen LogP contribution in [-0.4, -0.2) is 51.6 Å². The van der Waals surface area contributed by atoms with Crippen LogP contribution in [-0.2, 0) is 21.5 Å². The van der Waals surface area contributed by atoms with Gasteiger partial charge in [-0.05, 0) is 13.8 Å². The van der Waals surface area contributed by atoms with Gasteiger partial charge in [-0.2, -0.15) is 0 Å². The van der Waals surface area contributed by atoms with Crippen molar-refractivity contribution in [3.05, 3.63) is 0 Å². The van der Waals surface area contributed by atoms with Crippen LogP contribution in [0.5, 0.6) is 0 Å². The predicted molar refractivity (Wildman–Crippen MR) is 40.4 cm³/mol. The van der Waals surface area contributed by atoms with Crippen molar-refractivity contribution in [3.8, 4) is 0 Å². The number of thiol groups is 1. The molecular formula is C4H11NNaO3S. The molecule has 0 aliphatic heterocycles. The molecule has 57 valence electrons. The quantitative estimate of drug-likeness (QED) is 0.354. The van der Waals surface area contributed by atoms with E-state index < -0.39 is 0 Å². The van der Waals surface area contributed by atoms with Crippen molar-refractivity contribution in [3.63, 3.8) is 0 Å². The molecule has 0 N–H and O–H groups in total. The molecule has 0 fully saturated rings. The number of hydrogen-bond acceptors (Lipinski definition) is 3. The Morgan fingerprint density at radius 2 is 1.70 bits per heavy atom. The zero-order valence-electron chi connectivity index (χ0n) is 6.53. The minimum absolute atomic E-state index is 0. The maximum Gasteiger partial charge on any atom is 0.133 e. The molecule has 0 aromatic heterocycles. The van der Waals surface area contributed by atoms with Gasteiger partial charge >= 0.3 is 0 Å². The summed E-state index contributed by atoms with van der Waals surface area (Å²) in [4.78, 5) is 9.44. The van der Waals surface area contributed by atoms with Gasteiger partial charge in [-0.3, -0.25) is 9.68 Å². The van der Waals surface area contributed by atoms with Gasteiger partial charge in [-0.15, -0.1) is 0 Å². The van der Waals surface area contributed by atoms with Crippen molar-refractivity contribution < 1.29 is 13.9 Å². The molecule has 4 nitrogen and oxygen atoms in total. The van der Waals surface area contributed by atoms with Crippen LogP contribution in [0.25, 0.3) is 0 Å². The van der Waals surface area contributed by atoms with E-state index >= 15 is 0 Å². The van der Waals surface area contributed by atoms with Crippen molar-refractivity contribution in [2.75, 3.05) is 13.2 Å². The van der Waals surface area contributed by atoms with Gasteiger partial charge in [-0.25, -0.2) is 4.21 Å². The first-order valence-electron chi connectivity index (χ1n) is 2.74. The Balaban J connectivity index is 0. The largest absolute Gasteiger partial charge is 0.263 e. The second kappa shape index (κ2) is 10.0. The van der Waals surface area contributed by atoms with Crippen molar-refractivity contribution in [2.24, 2.45) is 0 Å². The number of nitrogens with zero attached hydrogens (tertiary/aromatic N) is 1. The van der Waals surface area contributed by atoms with Crippen LogP contribution in [0.3, 0.4) is 0 Å². The first-order valence-corrected chi connectivity index (χ1v) is 3.50. The van der Waals surface area contributed by atoms with Gasteiger partial charge in [0, 0.05) is 34.2 Å². The van der Waals surface area contributed by atoms with E-state index in [4.69, 9.17) is 9.68 Å². The third-order valence-electron chi connectivity index (χ3n) is 0.546. The summed E-state index contributed by atoms with van der Waals surface area (Å²) in [6.45, 7) is 4.49. The van der Waals surface area contributed by atoms with Crippen molar-refractivity contribution >= 4 is 41.4 Å². The molecule has 0 aromatic carbocycles. The summed E-state index contributed by atoms with van der Waals surface area (Å²) >= 11 is -0.270. The Labute approximate surface area is 86.7 Å². The zero-order chi connectivity index (χ0) is 7.11. The molecule has 0 amide bonds. The smallest absolute Gasteiger partial charge is 0.133 e. The molecule has 0 saturated heterocycles. The standard InChI is InChI=1S/C4H11NO3S.Na/c1-3-7-5(9-6)8-4-2;/h9H,3-4H2,1-2H3;. The summed E-state index contributed by atoms with van der Waals surface area (Å²) in [5.41, 5.74) is 0. The van der Waals surface area contributed by atoms with Crippen LogP contribution in [0.2, 0.25) is 0 Å². The third kappa shape index (κ3) is 7.14. The Morgan fingerprint density at radius 3 is 1.90 bits per heavy atom. The molecule has 0 bridgehead atoms. The topological polar surface area (TPSA) is 38.8 Å². The van der Waals surface area contributed by atoms with Crippen LogP contribution < -0.4 is 0 Å². The first kappa shape index (κ1) is 13.6. The number of hydrogen-bond donors (Lipinski definition) is 1. The molecule has 0 saturated carbocycles. The van der Waals surface area contributed by atoms with Gasteiger partial charge in [-0.1, -0.05) is 0 Å². The summed E-state index contributed by atoms with van der Waals surface area (Å²) in [6.07, 6.45) is 0. The van der Waals surface area contributed by atoms with Gasteiger partial charge in [0.1, 0.15) is 11.9 Å². The van der Waals surface area contributed by atoms with Crippen LogP contribution in [0.4, 0.5) is 0 Å². The van der Waals surface area contributed by atoms with Gasteiger partial charge < -0.3 is 0 Å². The number of rotatable bonds is 5. The summed E-state index contributed by atoms with van der Waals surface area (Å²) in [5.74, 6) is 0. The maximum atomic E-state index is 10.1. The summed E-state index contributed by atoms with van der Waals surface area (Å²) < 4.78 is 11.0. The Hall–Kier alpha value is 1.03. The minimum Gasteiger partial charge on any atom is -0.263 e. The Bertz CT molecular complexity index is 78.9. The van der Waals surface area contributed by atoms with E-state index in [0.29, 0.717) is 13.2 Å². The van der Waals surface area contributed by atoms with E-state index in [1.807, 2.05) is 0 Å². The average molecular weight is 176 g/mol. The van der Waals surface area contributed by atoms with E-state index in [1.54, 1.807) is 13.8 Å². The van der Waals surface area contributed by atoms with Crippen molar-refractivity contribution in [1.82, 2.24) is 4.63 Å². The molecule has 1 radical (unpaired) electrons. The predicted octanol–water partition coefficient (Wildman–Crippen LogP) is -0.329. The normalized spacial score (nSPS) is 9.50. The van der Waals surface area contributed by atoms with Crippen LogP contribution in [0.15, 0.2) is 0 Å². The minimum atomic E-state index is -0.270. The van der Waals surface area contributed by atoms with E-state index in [-0.39, 0.29) is 41.4 Å². The van der Waals surface area contributed by atoms with Crippen molar-refractivity contribution in [1.29, 1.82) is 0 Å². The fraction of sp³-hybridized carbons (Fsp3) is 1.00. The summed E-state index contributed by atoms with van der Waals surface area (Å²) in [7, 11) is 0. The zero-order valence-corrected chi connectivity index (χ0v) is 9.43. The molecule has 0 atom stereocenters. The van der Waals surface area contributed by atoms with Gasteiger partial charge in [0.25, 0.3) is 0 Å². The molecule has 0 aromatic rings. The van der Waals surface area contributed by atoms with E-state index in [2.05, 4.69) is 0 Å². The van der Waals surface area contributed by atoms with Gasteiger partial charge in [0.15, 0.2) is 0 Å². The summed E-state index contributed by atoms with van der Waals surface area (Å²) in [6, 6.07) is 0. The van der Waals surface area contributed by atoms with E-state index in [9.17, 15) is 4.21 Å². The Kier molecular flexibility index (Phi) is 13.6. The molecule has 0 aliphatic rings. The Morgan fingerprint density at radius 1 is 1.30 bits per heavy atom. The first-order chi connectivity index (χ1) is 4.35. The third-order valence-corrected chi connectivity index (χ3v) is 0.910. The molecule has 0 heterocycles. The fourth-order valence-electron chi connectivity index (χ4n) is 0.305. The van der Waals surface area contributed by atoms with E-state index in [0.717, 1.165) is 4.63 Å². The van der Waals surface area contributed by atoms with Crippen molar-refractivity contribution in [2.45, 2.75) is 13.8 Å². The second-order valence-corrected chi connectivity index (χ2v) is 1.64. The molecule has 0 rings (SSSR count). The van der Waals surface area contributed by atoms with Gasteiger partial charge in [0.2, 0.25) is 0 Å². The average Bonchev–Trinajstić information content (AvgIpc) is 1.88. The molecular weight excluding hydrogens is 165 g/mol. The summed E-state index contributed by atoms with van der Waals surface area (Å²) in [5, 5.41) is 0. The van der Waals surface area contributed by atoms with Gasteiger partial charge in [0.05, 0.1) is 13.2 Å². The molecule has 0 spiro atoms. The van der Waals surface area contributed by atoms with Crippen LogP contribution >= 0.6 is 0 Å². The fourth-order valence-corrected chi connectivity index (χ4v) is 0.631. The molecule has 0 aliphatic carbocycles. The SMILES string of the molecule is CCON(OCC)[SH]=O.[Na]. The monoisotopic (exact) mass is 176 g/mol. The second-order valence-electron chi connectivity index (χ2n) is 1.16. The molecule has 10 heavy (non-hydrogen) atoms. The maximum absolute atomic E-state index is 10.1. The van der Waals surface area contributed by atoms with Crippen LogP contribution in [0.1, 0.15) is 13.8 Å².